The summed E-state index contributed by atoms with van der Waals surface area (Å²) in [5, 5.41) is 8.03. The fraction of sp³-hybridized carbons (Fsp3) is 0.769. The van der Waals surface area contributed by atoms with E-state index in [0.29, 0.717) is 12.0 Å². The van der Waals surface area contributed by atoms with Crippen LogP contribution >= 0.6 is 15.9 Å². The molecule has 102 valence electrons. The van der Waals surface area contributed by atoms with Crippen molar-refractivity contribution < 1.29 is 4.74 Å². The molecule has 2 heterocycles. The Morgan fingerprint density at radius 2 is 2.33 bits per heavy atom. The van der Waals surface area contributed by atoms with Gasteiger partial charge in [-0.2, -0.15) is 5.10 Å². The lowest BCUT2D eigenvalue weighted by molar-refractivity contribution is 0.0319. The second kappa shape index (κ2) is 6.17. The van der Waals surface area contributed by atoms with E-state index >= 15 is 0 Å². The molecule has 18 heavy (non-hydrogen) atoms. The zero-order chi connectivity index (χ0) is 13.1. The van der Waals surface area contributed by atoms with Crippen LogP contribution in [0.4, 0.5) is 0 Å². The van der Waals surface area contributed by atoms with Gasteiger partial charge in [0, 0.05) is 25.6 Å². The standard InChI is InChI=1S/C13H22BrN3O/c1-4-15-11-5-6-18-8-10(11)7-12-13(14)9(2)16-17(12)3/h10-11,15H,4-8H2,1-3H3. The molecule has 1 saturated heterocycles. The molecular formula is C13H22BrN3O. The molecule has 0 amide bonds. The summed E-state index contributed by atoms with van der Waals surface area (Å²) in [6, 6.07) is 0.561. The SMILES string of the molecule is CCNC1CCOCC1Cc1c(Br)c(C)nn1C. The van der Waals surface area contributed by atoms with Gasteiger partial charge in [0.1, 0.15) is 0 Å². The number of hydrogen-bond donors (Lipinski definition) is 1. The van der Waals surface area contributed by atoms with Crippen LogP contribution in [-0.4, -0.2) is 35.6 Å². The lowest BCUT2D eigenvalue weighted by Gasteiger charge is -2.32. The van der Waals surface area contributed by atoms with Crippen LogP contribution in [0, 0.1) is 12.8 Å². The van der Waals surface area contributed by atoms with Crippen molar-refractivity contribution in [2.75, 3.05) is 19.8 Å². The van der Waals surface area contributed by atoms with E-state index in [1.807, 2.05) is 18.7 Å². The van der Waals surface area contributed by atoms with Gasteiger partial charge in [0.05, 0.1) is 22.5 Å². The van der Waals surface area contributed by atoms with Crippen LogP contribution in [-0.2, 0) is 18.2 Å². The van der Waals surface area contributed by atoms with Crippen molar-refractivity contribution in [2.24, 2.45) is 13.0 Å². The van der Waals surface area contributed by atoms with E-state index in [1.54, 1.807) is 0 Å². The van der Waals surface area contributed by atoms with Crippen LogP contribution in [0.5, 0.6) is 0 Å². The number of rotatable bonds is 4. The van der Waals surface area contributed by atoms with E-state index in [-0.39, 0.29) is 0 Å². The van der Waals surface area contributed by atoms with Crippen LogP contribution in [0.3, 0.4) is 0 Å². The number of ether oxygens (including phenoxy) is 1. The summed E-state index contributed by atoms with van der Waals surface area (Å²) in [5.74, 6) is 0.532. The maximum atomic E-state index is 5.63. The van der Waals surface area contributed by atoms with Crippen LogP contribution in [0.2, 0.25) is 0 Å². The first kappa shape index (κ1) is 14.0. The Kier molecular flexibility index (Phi) is 4.81. The topological polar surface area (TPSA) is 39.1 Å². The van der Waals surface area contributed by atoms with E-state index < -0.39 is 0 Å². The van der Waals surface area contributed by atoms with Gasteiger partial charge in [0.25, 0.3) is 0 Å². The van der Waals surface area contributed by atoms with Crippen molar-refractivity contribution in [2.45, 2.75) is 32.7 Å². The van der Waals surface area contributed by atoms with Crippen molar-refractivity contribution >= 4 is 15.9 Å². The number of hydrogen-bond acceptors (Lipinski definition) is 3. The molecule has 0 bridgehead atoms. The van der Waals surface area contributed by atoms with Gasteiger partial charge in [-0.05, 0) is 42.2 Å². The number of halogens is 1. The smallest absolute Gasteiger partial charge is 0.0738 e. The van der Waals surface area contributed by atoms with Crippen LogP contribution in [0.1, 0.15) is 24.7 Å². The van der Waals surface area contributed by atoms with Gasteiger partial charge in [-0.3, -0.25) is 4.68 Å². The summed E-state index contributed by atoms with van der Waals surface area (Å²) in [7, 11) is 2.01. The van der Waals surface area contributed by atoms with Crippen LogP contribution in [0.15, 0.2) is 4.47 Å². The zero-order valence-corrected chi connectivity index (χ0v) is 13.0. The minimum atomic E-state index is 0.532. The van der Waals surface area contributed by atoms with Gasteiger partial charge in [-0.15, -0.1) is 0 Å². The van der Waals surface area contributed by atoms with E-state index in [9.17, 15) is 0 Å². The maximum absolute atomic E-state index is 5.63. The van der Waals surface area contributed by atoms with E-state index in [1.165, 1.54) is 5.69 Å². The molecule has 2 atom stereocenters. The average molecular weight is 316 g/mol. The molecule has 0 aliphatic carbocycles. The Hall–Kier alpha value is -0.390. The van der Waals surface area contributed by atoms with Crippen molar-refractivity contribution in [1.29, 1.82) is 0 Å². The predicted molar refractivity (Wildman–Crippen MR) is 75.7 cm³/mol. The second-order valence-electron chi connectivity index (χ2n) is 4.96. The van der Waals surface area contributed by atoms with E-state index in [2.05, 4.69) is 33.3 Å². The summed E-state index contributed by atoms with van der Waals surface area (Å²) >= 11 is 3.64. The van der Waals surface area contributed by atoms with Crippen molar-refractivity contribution in [3.05, 3.63) is 15.9 Å². The molecule has 0 aromatic carbocycles. The summed E-state index contributed by atoms with van der Waals surface area (Å²) < 4.78 is 8.76. The lowest BCUT2D eigenvalue weighted by Crippen LogP contribution is -2.43. The Morgan fingerprint density at radius 3 is 2.94 bits per heavy atom. The highest BCUT2D eigenvalue weighted by Crippen LogP contribution is 2.26. The number of nitrogens with one attached hydrogen (secondary N) is 1. The summed E-state index contributed by atoms with van der Waals surface area (Å²) in [4.78, 5) is 0. The molecule has 0 saturated carbocycles. The third kappa shape index (κ3) is 2.95. The van der Waals surface area contributed by atoms with E-state index in [4.69, 9.17) is 4.74 Å². The normalized spacial score (nSPS) is 24.4. The summed E-state index contributed by atoms with van der Waals surface area (Å²) in [6.07, 6.45) is 2.11. The first-order chi connectivity index (χ1) is 8.63. The first-order valence-corrected chi connectivity index (χ1v) is 7.41. The fourth-order valence-electron chi connectivity index (χ4n) is 2.68. The Balaban J connectivity index is 2.10. The zero-order valence-electron chi connectivity index (χ0n) is 11.4. The summed E-state index contributed by atoms with van der Waals surface area (Å²) in [5.41, 5.74) is 2.33. The van der Waals surface area contributed by atoms with Gasteiger partial charge in [-0.25, -0.2) is 0 Å². The highest BCUT2D eigenvalue weighted by atomic mass is 79.9. The fourth-order valence-corrected chi connectivity index (χ4v) is 3.18. The van der Waals surface area contributed by atoms with Crippen LogP contribution < -0.4 is 5.32 Å². The highest BCUT2D eigenvalue weighted by Gasteiger charge is 2.27. The largest absolute Gasteiger partial charge is 0.381 e. The molecule has 1 aliphatic rings. The molecule has 2 rings (SSSR count). The third-order valence-corrected chi connectivity index (χ3v) is 4.69. The first-order valence-electron chi connectivity index (χ1n) is 6.62. The Labute approximate surface area is 117 Å². The molecular weight excluding hydrogens is 294 g/mol. The second-order valence-corrected chi connectivity index (χ2v) is 5.75. The monoisotopic (exact) mass is 315 g/mol. The number of aromatic nitrogens is 2. The van der Waals surface area contributed by atoms with Gasteiger partial charge < -0.3 is 10.1 Å². The quantitative estimate of drug-likeness (QED) is 0.924. The van der Waals surface area contributed by atoms with Crippen molar-refractivity contribution in [1.82, 2.24) is 15.1 Å². The Morgan fingerprint density at radius 1 is 1.56 bits per heavy atom. The molecule has 5 heteroatoms. The minimum absolute atomic E-state index is 0.532. The van der Waals surface area contributed by atoms with Gasteiger partial charge in [-0.1, -0.05) is 6.92 Å². The van der Waals surface area contributed by atoms with Crippen molar-refractivity contribution in [3.8, 4) is 0 Å². The molecule has 0 radical (unpaired) electrons. The van der Waals surface area contributed by atoms with E-state index in [0.717, 1.165) is 42.8 Å². The lowest BCUT2D eigenvalue weighted by atomic mass is 9.91. The average Bonchev–Trinajstić information content (AvgIpc) is 2.59. The van der Waals surface area contributed by atoms with Gasteiger partial charge in [0.15, 0.2) is 0 Å². The van der Waals surface area contributed by atoms with Gasteiger partial charge in [0.2, 0.25) is 0 Å². The minimum Gasteiger partial charge on any atom is -0.381 e. The Bertz CT molecular complexity index is 403. The maximum Gasteiger partial charge on any atom is 0.0738 e. The molecule has 4 nitrogen and oxygen atoms in total. The molecule has 1 aliphatic heterocycles. The molecule has 1 N–H and O–H groups in total. The third-order valence-electron chi connectivity index (χ3n) is 3.66. The van der Waals surface area contributed by atoms with Crippen LogP contribution in [0.25, 0.3) is 0 Å². The molecule has 0 spiro atoms. The molecule has 2 unspecified atom stereocenters. The molecule has 1 fully saturated rings. The predicted octanol–water partition coefficient (Wildman–Crippen LogP) is 2.05. The number of aryl methyl sites for hydroxylation is 2. The molecule has 1 aromatic heterocycles. The summed E-state index contributed by atoms with van der Waals surface area (Å²) in [6.45, 7) is 6.93. The highest BCUT2D eigenvalue weighted by molar-refractivity contribution is 9.10. The molecule has 1 aromatic rings. The van der Waals surface area contributed by atoms with Crippen molar-refractivity contribution in [3.63, 3.8) is 0 Å². The number of nitrogens with zero attached hydrogens (tertiary/aromatic N) is 2. The van der Waals surface area contributed by atoms with Gasteiger partial charge >= 0.3 is 0 Å².